The first-order valence-electron chi connectivity index (χ1n) is 9.42. The number of hydrogen-bond acceptors (Lipinski definition) is 5. The summed E-state index contributed by atoms with van der Waals surface area (Å²) in [4.78, 5) is 17.9. The van der Waals surface area contributed by atoms with E-state index in [1.165, 1.54) is 17.0 Å². The third-order valence-electron chi connectivity index (χ3n) is 4.29. The van der Waals surface area contributed by atoms with E-state index in [-0.39, 0.29) is 17.8 Å². The van der Waals surface area contributed by atoms with Crippen molar-refractivity contribution in [3.8, 4) is 11.4 Å². The van der Waals surface area contributed by atoms with Gasteiger partial charge in [0.05, 0.1) is 6.04 Å². The number of rotatable bonds is 9. The summed E-state index contributed by atoms with van der Waals surface area (Å²) in [6.07, 6.45) is 2.45. The Morgan fingerprint density at radius 1 is 1.25 bits per heavy atom. The van der Waals surface area contributed by atoms with E-state index in [1.54, 1.807) is 23.5 Å². The van der Waals surface area contributed by atoms with Crippen molar-refractivity contribution in [1.29, 1.82) is 0 Å². The molecule has 0 fully saturated rings. The molecule has 5 nitrogen and oxygen atoms in total. The summed E-state index contributed by atoms with van der Waals surface area (Å²) >= 11 is 1.67. The smallest absolute Gasteiger partial charge is 0.226 e. The molecule has 148 valence electrons. The van der Waals surface area contributed by atoms with E-state index in [4.69, 9.17) is 4.52 Å². The average Bonchev–Trinajstić information content (AvgIpc) is 3.33. The highest BCUT2D eigenvalue weighted by atomic mass is 32.1. The van der Waals surface area contributed by atoms with Crippen molar-refractivity contribution >= 4 is 17.2 Å². The predicted molar refractivity (Wildman–Crippen MR) is 107 cm³/mol. The van der Waals surface area contributed by atoms with Gasteiger partial charge in [-0.05, 0) is 54.5 Å². The zero-order chi connectivity index (χ0) is 19.9. The van der Waals surface area contributed by atoms with Crippen molar-refractivity contribution in [2.45, 2.75) is 45.6 Å². The summed E-state index contributed by atoms with van der Waals surface area (Å²) in [7, 11) is 0. The highest BCUT2D eigenvalue weighted by Gasteiger charge is 2.17. The average molecular weight is 402 g/mol. The first-order chi connectivity index (χ1) is 13.5. The van der Waals surface area contributed by atoms with Crippen LogP contribution < -0.4 is 5.32 Å². The molecule has 0 saturated carbocycles. The first kappa shape index (κ1) is 20.2. The van der Waals surface area contributed by atoms with Gasteiger partial charge in [-0.3, -0.25) is 4.79 Å². The minimum Gasteiger partial charge on any atom is -0.348 e. The molecule has 0 spiro atoms. The van der Waals surface area contributed by atoms with Crippen LogP contribution in [0.3, 0.4) is 0 Å². The molecular formula is C21H24FN3O2S. The van der Waals surface area contributed by atoms with Gasteiger partial charge in [0.1, 0.15) is 5.82 Å². The normalized spacial score (nSPS) is 12.3. The Morgan fingerprint density at radius 2 is 2.04 bits per heavy atom. The summed E-state index contributed by atoms with van der Waals surface area (Å²) in [5, 5.41) is 9.09. The van der Waals surface area contributed by atoms with Crippen LogP contribution in [0.1, 0.15) is 49.9 Å². The Bertz CT molecular complexity index is 875. The molecule has 1 amide bonds. The lowest BCUT2D eigenvalue weighted by Gasteiger charge is -2.19. The number of aromatic nitrogens is 2. The Labute approximate surface area is 168 Å². The Balaban J connectivity index is 1.49. The van der Waals surface area contributed by atoms with Gasteiger partial charge in [-0.15, -0.1) is 11.3 Å². The van der Waals surface area contributed by atoms with E-state index in [1.807, 2.05) is 11.4 Å². The summed E-state index contributed by atoms with van der Waals surface area (Å²) < 4.78 is 18.2. The molecule has 2 aromatic heterocycles. The van der Waals surface area contributed by atoms with Gasteiger partial charge in [-0.25, -0.2) is 4.39 Å². The Hall–Kier alpha value is -2.54. The number of amides is 1. The Kier molecular flexibility index (Phi) is 6.92. The van der Waals surface area contributed by atoms with Gasteiger partial charge in [0.2, 0.25) is 17.6 Å². The van der Waals surface area contributed by atoms with Crippen LogP contribution in [0.25, 0.3) is 11.4 Å². The molecule has 0 radical (unpaired) electrons. The third-order valence-corrected chi connectivity index (χ3v) is 5.28. The molecule has 1 aromatic carbocycles. The molecule has 7 heteroatoms. The fraction of sp³-hybridized carbons (Fsp3) is 0.381. The molecule has 0 bridgehead atoms. The van der Waals surface area contributed by atoms with Crippen LogP contribution >= 0.6 is 11.3 Å². The second kappa shape index (κ2) is 9.59. The maximum atomic E-state index is 13.0. The number of nitrogens with one attached hydrogen (secondary N) is 1. The third kappa shape index (κ3) is 5.73. The van der Waals surface area contributed by atoms with Crippen molar-refractivity contribution in [2.24, 2.45) is 5.92 Å². The highest BCUT2D eigenvalue weighted by molar-refractivity contribution is 7.10. The van der Waals surface area contributed by atoms with Crippen LogP contribution in [0.5, 0.6) is 0 Å². The number of nitrogens with zero attached hydrogens (tertiary/aromatic N) is 2. The molecule has 2 heterocycles. The number of benzene rings is 1. The van der Waals surface area contributed by atoms with Crippen LogP contribution in [0.2, 0.25) is 0 Å². The number of carbonyl (C=O) groups excluding carboxylic acids is 1. The zero-order valence-corrected chi connectivity index (χ0v) is 16.8. The number of carbonyl (C=O) groups is 1. The molecule has 28 heavy (non-hydrogen) atoms. The largest absolute Gasteiger partial charge is 0.348 e. The summed E-state index contributed by atoms with van der Waals surface area (Å²) in [5.41, 5.74) is 0.696. The minimum atomic E-state index is -0.309. The van der Waals surface area contributed by atoms with Gasteiger partial charge in [0.25, 0.3) is 0 Å². The van der Waals surface area contributed by atoms with Crippen LogP contribution in [-0.2, 0) is 11.2 Å². The van der Waals surface area contributed by atoms with Crippen LogP contribution in [-0.4, -0.2) is 16.0 Å². The maximum absolute atomic E-state index is 13.0. The van der Waals surface area contributed by atoms with E-state index in [9.17, 15) is 9.18 Å². The van der Waals surface area contributed by atoms with E-state index in [0.29, 0.717) is 42.5 Å². The molecular weight excluding hydrogens is 377 g/mol. The minimum absolute atomic E-state index is 0.0253. The van der Waals surface area contributed by atoms with Crippen LogP contribution in [0, 0.1) is 11.7 Å². The van der Waals surface area contributed by atoms with Gasteiger partial charge in [0, 0.05) is 23.3 Å². The molecule has 1 atom stereocenters. The van der Waals surface area contributed by atoms with Crippen LogP contribution in [0.4, 0.5) is 4.39 Å². The van der Waals surface area contributed by atoms with Gasteiger partial charge >= 0.3 is 0 Å². The molecule has 0 saturated heterocycles. The lowest BCUT2D eigenvalue weighted by molar-refractivity contribution is -0.122. The van der Waals surface area contributed by atoms with E-state index in [0.717, 1.165) is 6.42 Å². The van der Waals surface area contributed by atoms with Crippen LogP contribution in [0.15, 0.2) is 46.3 Å². The number of thiophene rings is 1. The monoisotopic (exact) mass is 401 g/mol. The molecule has 0 aliphatic carbocycles. The Morgan fingerprint density at radius 3 is 2.71 bits per heavy atom. The molecule has 0 aliphatic heterocycles. The van der Waals surface area contributed by atoms with E-state index < -0.39 is 0 Å². The molecule has 1 N–H and O–H groups in total. The lowest BCUT2D eigenvalue weighted by atomic mass is 10.0. The standard InChI is InChI=1S/C21H24FN3O2S/c1-14(2)13-17(18-5-4-12-28-18)23-19(26)6-3-7-20-24-21(25-27-20)15-8-10-16(22)11-9-15/h4-5,8-12,14,17H,3,6-7,13H2,1-2H3,(H,23,26). The van der Waals surface area contributed by atoms with E-state index >= 15 is 0 Å². The fourth-order valence-corrected chi connectivity index (χ4v) is 3.74. The summed E-state index contributed by atoms with van der Waals surface area (Å²) in [5.74, 6) is 1.11. The molecule has 3 rings (SSSR count). The molecule has 0 aliphatic rings. The maximum Gasteiger partial charge on any atom is 0.226 e. The molecule has 1 unspecified atom stereocenters. The predicted octanol–water partition coefficient (Wildman–Crippen LogP) is 5.16. The quantitative estimate of drug-likeness (QED) is 0.537. The van der Waals surface area contributed by atoms with Gasteiger partial charge < -0.3 is 9.84 Å². The lowest BCUT2D eigenvalue weighted by Crippen LogP contribution is -2.28. The number of hydrogen-bond donors (Lipinski definition) is 1. The van der Waals surface area contributed by atoms with Crippen molar-refractivity contribution in [3.05, 3.63) is 58.4 Å². The van der Waals surface area contributed by atoms with Crippen molar-refractivity contribution < 1.29 is 13.7 Å². The molecule has 3 aromatic rings. The van der Waals surface area contributed by atoms with Gasteiger partial charge in [-0.1, -0.05) is 25.1 Å². The first-order valence-corrected chi connectivity index (χ1v) is 10.3. The second-order valence-corrected chi connectivity index (χ2v) is 8.12. The van der Waals surface area contributed by atoms with Crippen molar-refractivity contribution in [3.63, 3.8) is 0 Å². The number of halogens is 1. The van der Waals surface area contributed by atoms with E-state index in [2.05, 4.69) is 35.4 Å². The highest BCUT2D eigenvalue weighted by Crippen LogP contribution is 2.25. The fourth-order valence-electron chi connectivity index (χ4n) is 2.95. The second-order valence-electron chi connectivity index (χ2n) is 7.14. The van der Waals surface area contributed by atoms with Crippen molar-refractivity contribution in [2.75, 3.05) is 0 Å². The summed E-state index contributed by atoms with van der Waals surface area (Å²) in [6, 6.07) is 10.1. The zero-order valence-electron chi connectivity index (χ0n) is 16.0. The van der Waals surface area contributed by atoms with Crippen molar-refractivity contribution in [1.82, 2.24) is 15.5 Å². The van der Waals surface area contributed by atoms with Gasteiger partial charge in [0.15, 0.2) is 0 Å². The topological polar surface area (TPSA) is 68.0 Å². The van der Waals surface area contributed by atoms with Gasteiger partial charge in [-0.2, -0.15) is 4.98 Å². The number of aryl methyl sites for hydroxylation is 1. The summed E-state index contributed by atoms with van der Waals surface area (Å²) in [6.45, 7) is 4.31. The SMILES string of the molecule is CC(C)CC(NC(=O)CCCc1nc(-c2ccc(F)cc2)no1)c1cccs1.